The first-order valence-electron chi connectivity index (χ1n) is 5.28. The molecule has 0 spiro atoms. The molecule has 2 aromatic rings. The predicted molar refractivity (Wildman–Crippen MR) is 63.9 cm³/mol. The van der Waals surface area contributed by atoms with E-state index in [1.807, 2.05) is 0 Å². The summed E-state index contributed by atoms with van der Waals surface area (Å²) < 4.78 is 43.2. The fraction of sp³-hybridized carbons (Fsp3) is 0.154. The molecule has 0 aliphatic carbocycles. The molecule has 0 fully saturated rings. The molecule has 0 unspecified atom stereocenters. The maximum absolute atomic E-state index is 12.6. The lowest BCUT2D eigenvalue weighted by atomic mass is 10.2. The Bertz CT molecular complexity index is 558. The molecule has 1 aromatic heterocycles. The number of alkyl halides is 3. The fourth-order valence-corrected chi connectivity index (χ4v) is 1.69. The van der Waals surface area contributed by atoms with Gasteiger partial charge in [0.2, 0.25) is 0 Å². The van der Waals surface area contributed by atoms with E-state index >= 15 is 0 Å². The highest BCUT2D eigenvalue weighted by molar-refractivity contribution is 6.32. The van der Waals surface area contributed by atoms with E-state index in [4.69, 9.17) is 16.3 Å². The molecule has 6 heteroatoms. The summed E-state index contributed by atoms with van der Waals surface area (Å²) in [7, 11) is 0. The molecular formula is C13H8ClF3NO. The first kappa shape index (κ1) is 13.7. The van der Waals surface area contributed by atoms with Crippen molar-refractivity contribution in [1.29, 1.82) is 0 Å². The quantitative estimate of drug-likeness (QED) is 0.846. The number of para-hydroxylation sites is 1. The molecule has 0 aliphatic heterocycles. The molecule has 99 valence electrons. The van der Waals surface area contributed by atoms with Crippen LogP contribution in [-0.2, 0) is 12.8 Å². The van der Waals surface area contributed by atoms with Gasteiger partial charge in [-0.3, -0.25) is 4.98 Å². The van der Waals surface area contributed by atoms with Crippen molar-refractivity contribution in [3.63, 3.8) is 0 Å². The molecule has 19 heavy (non-hydrogen) atoms. The number of rotatable bonds is 3. The highest BCUT2D eigenvalue weighted by atomic mass is 35.5. The Labute approximate surface area is 112 Å². The Balaban J connectivity index is 2.18. The van der Waals surface area contributed by atoms with Crippen molar-refractivity contribution in [2.75, 3.05) is 0 Å². The minimum absolute atomic E-state index is 0.0359. The van der Waals surface area contributed by atoms with Crippen LogP contribution in [0, 0.1) is 6.07 Å². The summed E-state index contributed by atoms with van der Waals surface area (Å²) in [4.78, 5) is 3.80. The topological polar surface area (TPSA) is 22.1 Å². The van der Waals surface area contributed by atoms with Crippen molar-refractivity contribution >= 4 is 11.6 Å². The summed E-state index contributed by atoms with van der Waals surface area (Å²) in [5.74, 6) is 0.415. The van der Waals surface area contributed by atoms with Crippen LogP contribution in [0.3, 0.4) is 0 Å². The lowest BCUT2D eigenvalue weighted by Crippen LogP contribution is -2.09. The Morgan fingerprint density at radius 2 is 2.05 bits per heavy atom. The van der Waals surface area contributed by atoms with Crippen molar-refractivity contribution in [2.45, 2.75) is 12.8 Å². The molecule has 2 nitrogen and oxygen atoms in total. The molecule has 0 amide bonds. The zero-order valence-corrected chi connectivity index (χ0v) is 10.3. The summed E-state index contributed by atoms with van der Waals surface area (Å²) in [5.41, 5.74) is -0.881. The number of benzene rings is 1. The number of nitrogens with zero attached hydrogens (tertiary/aromatic N) is 1. The third kappa shape index (κ3) is 3.38. The first-order valence-corrected chi connectivity index (χ1v) is 5.66. The van der Waals surface area contributed by atoms with Crippen molar-refractivity contribution in [3.8, 4) is 5.75 Å². The first-order chi connectivity index (χ1) is 8.98. The maximum atomic E-state index is 12.6. The van der Waals surface area contributed by atoms with Gasteiger partial charge in [-0.05, 0) is 12.1 Å². The van der Waals surface area contributed by atoms with Crippen molar-refractivity contribution in [2.24, 2.45) is 0 Å². The molecule has 0 bridgehead atoms. The van der Waals surface area contributed by atoms with Gasteiger partial charge >= 0.3 is 6.18 Å². The van der Waals surface area contributed by atoms with Crippen LogP contribution in [0.5, 0.6) is 5.75 Å². The summed E-state index contributed by atoms with van der Waals surface area (Å²) in [6.07, 6.45) is -3.45. The average molecular weight is 287 g/mol. The van der Waals surface area contributed by atoms with Crippen LogP contribution in [0.4, 0.5) is 13.2 Å². The molecule has 0 N–H and O–H groups in total. The third-order valence-electron chi connectivity index (χ3n) is 2.31. The monoisotopic (exact) mass is 286 g/mol. The van der Waals surface area contributed by atoms with E-state index < -0.39 is 16.8 Å². The Morgan fingerprint density at radius 1 is 1.26 bits per heavy atom. The van der Waals surface area contributed by atoms with E-state index in [1.165, 1.54) is 0 Å². The molecule has 2 rings (SSSR count). The normalized spacial score (nSPS) is 11.4. The van der Waals surface area contributed by atoms with Gasteiger partial charge in [-0.1, -0.05) is 29.8 Å². The van der Waals surface area contributed by atoms with Crippen molar-refractivity contribution < 1.29 is 17.9 Å². The average Bonchev–Trinajstić information content (AvgIpc) is 2.37. The van der Waals surface area contributed by atoms with E-state index in [0.29, 0.717) is 5.75 Å². The van der Waals surface area contributed by atoms with E-state index in [1.54, 1.807) is 24.3 Å². The fourth-order valence-electron chi connectivity index (χ4n) is 1.42. The van der Waals surface area contributed by atoms with Gasteiger partial charge in [-0.2, -0.15) is 13.2 Å². The van der Waals surface area contributed by atoms with Crippen LogP contribution < -0.4 is 4.74 Å². The van der Waals surface area contributed by atoms with Crippen molar-refractivity contribution in [1.82, 2.24) is 4.98 Å². The number of pyridine rings is 1. The molecule has 0 atom stereocenters. The van der Waals surface area contributed by atoms with Gasteiger partial charge in [0.15, 0.2) is 0 Å². The van der Waals surface area contributed by atoms with E-state index in [9.17, 15) is 13.2 Å². The number of ether oxygens (including phenoxy) is 1. The molecule has 1 aromatic carbocycles. The van der Waals surface area contributed by atoms with Crippen LogP contribution in [0.1, 0.15) is 11.3 Å². The molecule has 1 heterocycles. The minimum atomic E-state index is -4.51. The summed E-state index contributed by atoms with van der Waals surface area (Å²) in [6.45, 7) is -0.150. The van der Waals surface area contributed by atoms with Gasteiger partial charge < -0.3 is 4.74 Å². The largest absolute Gasteiger partial charge is 0.487 e. The minimum Gasteiger partial charge on any atom is -0.487 e. The van der Waals surface area contributed by atoms with E-state index in [2.05, 4.69) is 11.1 Å². The Kier molecular flexibility index (Phi) is 3.95. The predicted octanol–water partition coefficient (Wildman–Crippen LogP) is 4.13. The van der Waals surface area contributed by atoms with Crippen LogP contribution in [0.2, 0.25) is 5.02 Å². The number of aromatic nitrogens is 1. The second kappa shape index (κ2) is 5.48. The summed E-state index contributed by atoms with van der Waals surface area (Å²) in [5, 5.41) is -0.439. The lowest BCUT2D eigenvalue weighted by molar-refractivity contribution is -0.137. The highest BCUT2D eigenvalue weighted by Gasteiger charge is 2.34. The maximum Gasteiger partial charge on any atom is 0.417 e. The van der Waals surface area contributed by atoms with Crippen molar-refractivity contribution in [3.05, 3.63) is 58.9 Å². The number of hydrogen-bond acceptors (Lipinski definition) is 2. The number of halogens is 4. The standard InChI is InChI=1S/C13H8ClF3NO/c14-12-10(13(15,16)17)6-7-18-11(12)8-19-9-4-2-1-3-5-9/h1-4,6-7H,8H2. The SMILES string of the molecule is FC(F)(F)c1ccnc(COc2[c]cccc2)c1Cl. The van der Waals surface area contributed by atoms with E-state index in [0.717, 1.165) is 12.3 Å². The van der Waals surface area contributed by atoms with Crippen LogP contribution in [0.15, 0.2) is 36.5 Å². The third-order valence-corrected chi connectivity index (χ3v) is 2.73. The molecule has 0 saturated heterocycles. The van der Waals surface area contributed by atoms with Gasteiger partial charge in [0.25, 0.3) is 0 Å². The zero-order valence-electron chi connectivity index (χ0n) is 9.54. The zero-order chi connectivity index (χ0) is 13.9. The van der Waals surface area contributed by atoms with Gasteiger partial charge in [0.05, 0.1) is 16.3 Å². The molecular weight excluding hydrogens is 279 g/mol. The van der Waals surface area contributed by atoms with Gasteiger partial charge in [-0.25, -0.2) is 0 Å². The van der Waals surface area contributed by atoms with Crippen LogP contribution in [0.25, 0.3) is 0 Å². The van der Waals surface area contributed by atoms with E-state index in [-0.39, 0.29) is 12.3 Å². The second-order valence-electron chi connectivity index (χ2n) is 3.63. The number of hydrogen-bond donors (Lipinski definition) is 0. The molecule has 0 saturated carbocycles. The Hall–Kier alpha value is -1.75. The van der Waals surface area contributed by atoms with Crippen LogP contribution >= 0.6 is 11.6 Å². The lowest BCUT2D eigenvalue weighted by Gasteiger charge is -2.12. The van der Waals surface area contributed by atoms with Gasteiger partial charge in [0, 0.05) is 12.3 Å². The summed E-state index contributed by atoms with van der Waals surface area (Å²) in [6, 6.07) is 10.4. The Morgan fingerprint density at radius 3 is 2.68 bits per heavy atom. The molecule has 0 aliphatic rings. The summed E-state index contributed by atoms with van der Waals surface area (Å²) >= 11 is 5.69. The highest BCUT2D eigenvalue weighted by Crippen LogP contribution is 2.35. The van der Waals surface area contributed by atoms with Gasteiger partial charge in [-0.15, -0.1) is 0 Å². The smallest absolute Gasteiger partial charge is 0.417 e. The van der Waals surface area contributed by atoms with Crippen LogP contribution in [-0.4, -0.2) is 4.98 Å². The van der Waals surface area contributed by atoms with Gasteiger partial charge in [0.1, 0.15) is 12.4 Å². The molecule has 1 radical (unpaired) electrons. The second-order valence-corrected chi connectivity index (χ2v) is 4.01.